The molecule has 35 heavy (non-hydrogen) atoms. The van der Waals surface area contributed by atoms with E-state index in [1.807, 2.05) is 6.92 Å². The zero-order chi connectivity index (χ0) is 25.2. The molecule has 1 aliphatic heterocycles. The number of hydrogen-bond acceptors (Lipinski definition) is 7. The average molecular weight is 497 g/mol. The molecule has 2 heterocycles. The first-order valence-electron chi connectivity index (χ1n) is 10.9. The Balaban J connectivity index is 1.68. The van der Waals surface area contributed by atoms with Crippen molar-refractivity contribution in [1.82, 2.24) is 9.55 Å². The maximum atomic E-state index is 12.8. The molecule has 9 nitrogen and oxygen atoms in total. The molecule has 1 saturated heterocycles. The lowest BCUT2D eigenvalue weighted by Gasteiger charge is -2.23. The molecule has 0 amide bonds. The summed E-state index contributed by atoms with van der Waals surface area (Å²) in [5.41, 5.74) is 0.289. The number of nitrogens with zero attached hydrogens (tertiary/aromatic N) is 1. The normalized spacial score (nSPS) is 20.2. The first kappa shape index (κ1) is 24.4. The summed E-state index contributed by atoms with van der Waals surface area (Å²) in [6.45, 7) is 3.35. The number of ether oxygens (including phenoxy) is 2. The van der Waals surface area contributed by atoms with Crippen molar-refractivity contribution in [2.45, 2.75) is 37.0 Å². The van der Waals surface area contributed by atoms with E-state index in [2.05, 4.69) is 4.98 Å². The third-order valence-electron chi connectivity index (χ3n) is 5.72. The summed E-state index contributed by atoms with van der Waals surface area (Å²) in [5, 5.41) is 1.01. The number of carbonyl (C=O) groups excluding carboxylic acids is 1. The highest BCUT2D eigenvalue weighted by Crippen LogP contribution is 2.29. The number of aromatic amines is 1. The van der Waals surface area contributed by atoms with E-state index in [9.17, 15) is 22.8 Å². The van der Waals surface area contributed by atoms with Crippen molar-refractivity contribution in [2.75, 3.05) is 6.61 Å². The summed E-state index contributed by atoms with van der Waals surface area (Å²) < 4.78 is 38.3. The van der Waals surface area contributed by atoms with Gasteiger partial charge in [0, 0.05) is 17.2 Å². The van der Waals surface area contributed by atoms with E-state index in [0.717, 1.165) is 11.0 Å². The van der Waals surface area contributed by atoms with Gasteiger partial charge in [-0.15, -0.1) is 0 Å². The predicted molar refractivity (Wildman–Crippen MR) is 128 cm³/mol. The van der Waals surface area contributed by atoms with Gasteiger partial charge in [0.15, 0.2) is 15.9 Å². The zero-order valence-electron chi connectivity index (χ0n) is 19.1. The molecule has 2 aromatic carbocycles. The Labute approximate surface area is 201 Å². The number of carbonyl (C=O) groups is 1. The fourth-order valence-electron chi connectivity index (χ4n) is 3.75. The number of sulfone groups is 1. The Kier molecular flexibility index (Phi) is 6.86. The van der Waals surface area contributed by atoms with Crippen LogP contribution in [-0.4, -0.2) is 42.8 Å². The van der Waals surface area contributed by atoms with E-state index in [-0.39, 0.29) is 17.1 Å². The van der Waals surface area contributed by atoms with Crippen LogP contribution in [0.25, 0.3) is 0 Å². The standard InChI is InChI=1S/C25H24N2O7S/c1-16-8-10-19(11-9-16)35(31,32)13-12-21-22(34-24(29)18-6-4-3-5-7-18)20(15-33-21)27-14-17(2)23(28)26-25(27)30/h3-14,20-22H,15H2,1-2H3,(H,26,28,30)/b13-12+/t20-,21-,22+/m0/s1. The lowest BCUT2D eigenvalue weighted by atomic mass is 10.1. The molecule has 1 aromatic heterocycles. The van der Waals surface area contributed by atoms with Crippen molar-refractivity contribution in [2.24, 2.45) is 0 Å². The van der Waals surface area contributed by atoms with E-state index in [1.54, 1.807) is 49.4 Å². The van der Waals surface area contributed by atoms with Crippen LogP contribution in [-0.2, 0) is 19.3 Å². The Morgan fingerprint density at radius 3 is 2.46 bits per heavy atom. The van der Waals surface area contributed by atoms with Gasteiger partial charge in [0.25, 0.3) is 5.56 Å². The molecule has 0 spiro atoms. The van der Waals surface area contributed by atoms with E-state index < -0.39 is 45.3 Å². The van der Waals surface area contributed by atoms with Gasteiger partial charge in [-0.3, -0.25) is 14.3 Å². The van der Waals surface area contributed by atoms with E-state index in [4.69, 9.17) is 9.47 Å². The van der Waals surface area contributed by atoms with Crippen LogP contribution in [0.15, 0.2) is 86.8 Å². The largest absolute Gasteiger partial charge is 0.453 e. The van der Waals surface area contributed by atoms with Gasteiger partial charge in [-0.05, 0) is 44.2 Å². The molecule has 1 fully saturated rings. The van der Waals surface area contributed by atoms with Gasteiger partial charge in [-0.2, -0.15) is 0 Å². The first-order valence-corrected chi connectivity index (χ1v) is 12.4. The highest BCUT2D eigenvalue weighted by Gasteiger charge is 2.41. The number of hydrogen-bond donors (Lipinski definition) is 1. The summed E-state index contributed by atoms with van der Waals surface area (Å²) in [6.07, 6.45) is 0.692. The molecular weight excluding hydrogens is 472 g/mol. The minimum Gasteiger partial charge on any atom is -0.453 e. The summed E-state index contributed by atoms with van der Waals surface area (Å²) in [7, 11) is -3.79. The third kappa shape index (κ3) is 5.33. The van der Waals surface area contributed by atoms with Crippen molar-refractivity contribution in [3.05, 3.63) is 110 Å². The van der Waals surface area contributed by atoms with Crippen molar-refractivity contribution in [1.29, 1.82) is 0 Å². The smallest absolute Gasteiger partial charge is 0.338 e. The van der Waals surface area contributed by atoms with Crippen LogP contribution in [0, 0.1) is 13.8 Å². The van der Waals surface area contributed by atoms with Gasteiger partial charge in [0.1, 0.15) is 12.1 Å². The van der Waals surface area contributed by atoms with Crippen LogP contribution >= 0.6 is 0 Å². The molecule has 3 atom stereocenters. The monoisotopic (exact) mass is 496 g/mol. The number of rotatable bonds is 6. The van der Waals surface area contributed by atoms with Gasteiger partial charge >= 0.3 is 11.7 Å². The van der Waals surface area contributed by atoms with Gasteiger partial charge in [-0.1, -0.05) is 35.9 Å². The third-order valence-corrected chi connectivity index (χ3v) is 7.16. The van der Waals surface area contributed by atoms with Crippen molar-refractivity contribution in [3.8, 4) is 0 Å². The lowest BCUT2D eigenvalue weighted by Crippen LogP contribution is -2.40. The molecule has 0 radical (unpaired) electrons. The quantitative estimate of drug-likeness (QED) is 0.519. The number of benzene rings is 2. The Morgan fingerprint density at radius 2 is 1.77 bits per heavy atom. The Morgan fingerprint density at radius 1 is 1.09 bits per heavy atom. The van der Waals surface area contributed by atoms with Gasteiger partial charge in [-0.25, -0.2) is 18.0 Å². The highest BCUT2D eigenvalue weighted by molar-refractivity contribution is 7.94. The maximum Gasteiger partial charge on any atom is 0.338 e. The van der Waals surface area contributed by atoms with E-state index >= 15 is 0 Å². The predicted octanol–water partition coefficient (Wildman–Crippen LogP) is 2.31. The minimum absolute atomic E-state index is 0.0439. The highest BCUT2D eigenvalue weighted by atomic mass is 32.2. The number of H-pyrrole nitrogens is 1. The molecule has 1 N–H and O–H groups in total. The molecule has 0 bridgehead atoms. The average Bonchev–Trinajstić information content (AvgIpc) is 3.23. The molecule has 1 aliphatic rings. The SMILES string of the molecule is Cc1ccc(S(=O)(=O)/C=C/[C@@H]2OC[C@H](n3cc(C)c(=O)[nH]c3=O)[C@H]2OC(=O)c2ccccc2)cc1. The van der Waals surface area contributed by atoms with Crippen LogP contribution in [0.1, 0.15) is 27.5 Å². The maximum absolute atomic E-state index is 12.8. The van der Waals surface area contributed by atoms with Crippen molar-refractivity contribution >= 4 is 15.8 Å². The molecule has 0 saturated carbocycles. The fraction of sp³-hybridized carbons (Fsp3) is 0.240. The zero-order valence-corrected chi connectivity index (χ0v) is 19.9. The van der Waals surface area contributed by atoms with Crippen molar-refractivity contribution in [3.63, 3.8) is 0 Å². The topological polar surface area (TPSA) is 125 Å². The van der Waals surface area contributed by atoms with Crippen LogP contribution in [0.2, 0.25) is 0 Å². The van der Waals surface area contributed by atoms with Crippen LogP contribution in [0.3, 0.4) is 0 Å². The number of nitrogens with one attached hydrogen (secondary N) is 1. The summed E-state index contributed by atoms with van der Waals surface area (Å²) >= 11 is 0. The minimum atomic E-state index is -3.79. The number of aromatic nitrogens is 2. The van der Waals surface area contributed by atoms with E-state index in [1.165, 1.54) is 29.0 Å². The molecule has 0 unspecified atom stereocenters. The van der Waals surface area contributed by atoms with Crippen LogP contribution in [0.5, 0.6) is 0 Å². The van der Waals surface area contributed by atoms with E-state index in [0.29, 0.717) is 5.56 Å². The Hall–Kier alpha value is -3.76. The molecule has 0 aliphatic carbocycles. The molecule has 10 heteroatoms. The first-order chi connectivity index (χ1) is 16.7. The summed E-state index contributed by atoms with van der Waals surface area (Å²) in [4.78, 5) is 39.5. The fourth-order valence-corrected chi connectivity index (χ4v) is 4.79. The van der Waals surface area contributed by atoms with Crippen molar-refractivity contribution < 1.29 is 22.7 Å². The second kappa shape index (κ2) is 9.85. The lowest BCUT2D eigenvalue weighted by molar-refractivity contribution is 0.00790. The second-order valence-corrected chi connectivity index (χ2v) is 10.1. The molecular formula is C25H24N2O7S. The molecule has 182 valence electrons. The Bertz CT molecular complexity index is 1470. The molecule has 4 rings (SSSR count). The van der Waals surface area contributed by atoms with Gasteiger partial charge in [0.2, 0.25) is 0 Å². The van der Waals surface area contributed by atoms with Gasteiger partial charge < -0.3 is 9.47 Å². The van der Waals surface area contributed by atoms with Crippen LogP contribution < -0.4 is 11.2 Å². The summed E-state index contributed by atoms with van der Waals surface area (Å²) in [5.74, 6) is -0.653. The second-order valence-electron chi connectivity index (χ2n) is 8.27. The summed E-state index contributed by atoms with van der Waals surface area (Å²) in [6, 6.07) is 13.9. The van der Waals surface area contributed by atoms with Crippen LogP contribution in [0.4, 0.5) is 0 Å². The molecule has 3 aromatic rings. The number of aryl methyl sites for hydroxylation is 2. The van der Waals surface area contributed by atoms with Gasteiger partial charge in [0.05, 0.1) is 17.1 Å². The number of esters is 1.